The number of likely N-dealkylation sites (N-methyl/N-ethyl adjacent to an activating group) is 1. The van der Waals surface area contributed by atoms with Gasteiger partial charge in [0.2, 0.25) is 10.0 Å². The number of hydrogen-bond acceptors (Lipinski definition) is 3. The van der Waals surface area contributed by atoms with E-state index in [0.717, 1.165) is 3.57 Å². The van der Waals surface area contributed by atoms with Crippen LogP contribution in [0.4, 0.5) is 0 Å². The van der Waals surface area contributed by atoms with Crippen molar-refractivity contribution in [2.24, 2.45) is 0 Å². The van der Waals surface area contributed by atoms with Crippen molar-refractivity contribution in [1.29, 1.82) is 0 Å². The number of halogens is 1. The Labute approximate surface area is 110 Å². The first-order valence-electron chi connectivity index (χ1n) is 4.82. The largest absolute Gasteiger partial charge is 0.308 e. The second-order valence-corrected chi connectivity index (χ2v) is 6.67. The zero-order chi connectivity index (χ0) is 12.2. The SMILES string of the molecule is CN(C)CCNS(=O)(=O)c1ccc(I)cc1. The maximum atomic E-state index is 11.8. The fraction of sp³-hybridized carbons (Fsp3) is 0.400. The Bertz CT molecular complexity index is 429. The van der Waals surface area contributed by atoms with Crippen molar-refractivity contribution in [1.82, 2.24) is 9.62 Å². The summed E-state index contributed by atoms with van der Waals surface area (Å²) in [7, 11) is 0.451. The lowest BCUT2D eigenvalue weighted by molar-refractivity contribution is 0.412. The van der Waals surface area contributed by atoms with Gasteiger partial charge in [-0.2, -0.15) is 0 Å². The smallest absolute Gasteiger partial charge is 0.240 e. The third kappa shape index (κ3) is 4.36. The Hall–Kier alpha value is -0.180. The van der Waals surface area contributed by atoms with Crippen molar-refractivity contribution in [3.63, 3.8) is 0 Å². The summed E-state index contributed by atoms with van der Waals surface area (Å²) in [5, 5.41) is 0. The van der Waals surface area contributed by atoms with E-state index in [4.69, 9.17) is 0 Å². The molecule has 0 saturated carbocycles. The summed E-state index contributed by atoms with van der Waals surface area (Å²) in [4.78, 5) is 2.24. The Morgan fingerprint density at radius 2 is 1.81 bits per heavy atom. The first kappa shape index (κ1) is 13.9. The fourth-order valence-electron chi connectivity index (χ4n) is 1.10. The van der Waals surface area contributed by atoms with Crippen LogP contribution in [0.5, 0.6) is 0 Å². The van der Waals surface area contributed by atoms with Gasteiger partial charge in [-0.15, -0.1) is 0 Å². The number of benzene rings is 1. The first-order chi connectivity index (χ1) is 7.42. The van der Waals surface area contributed by atoms with E-state index >= 15 is 0 Å². The number of nitrogens with zero attached hydrogens (tertiary/aromatic N) is 1. The van der Waals surface area contributed by atoms with E-state index in [1.807, 2.05) is 19.0 Å². The molecule has 1 aromatic rings. The molecule has 0 heterocycles. The van der Waals surface area contributed by atoms with Gasteiger partial charge in [-0.25, -0.2) is 13.1 Å². The van der Waals surface area contributed by atoms with Crippen LogP contribution in [-0.2, 0) is 10.0 Å². The van der Waals surface area contributed by atoms with Crippen molar-refractivity contribution < 1.29 is 8.42 Å². The molecule has 0 radical (unpaired) electrons. The van der Waals surface area contributed by atoms with Crippen molar-refractivity contribution in [2.45, 2.75) is 4.90 Å². The topological polar surface area (TPSA) is 49.4 Å². The van der Waals surface area contributed by atoms with E-state index in [1.54, 1.807) is 24.3 Å². The molecule has 0 fully saturated rings. The maximum absolute atomic E-state index is 11.8. The number of hydrogen-bond donors (Lipinski definition) is 1. The summed E-state index contributed by atoms with van der Waals surface area (Å²) in [6.07, 6.45) is 0. The second-order valence-electron chi connectivity index (χ2n) is 3.65. The van der Waals surface area contributed by atoms with Crippen LogP contribution in [0.3, 0.4) is 0 Å². The Kier molecular flexibility index (Phi) is 5.16. The minimum absolute atomic E-state index is 0.312. The van der Waals surface area contributed by atoms with Crippen molar-refractivity contribution >= 4 is 32.6 Å². The summed E-state index contributed by atoms with van der Waals surface area (Å²) in [5.74, 6) is 0. The molecule has 0 aliphatic heterocycles. The summed E-state index contributed by atoms with van der Waals surface area (Å²) < 4.78 is 27.2. The first-order valence-corrected chi connectivity index (χ1v) is 7.38. The molecule has 0 saturated heterocycles. The number of rotatable bonds is 5. The molecule has 0 amide bonds. The van der Waals surface area contributed by atoms with E-state index in [0.29, 0.717) is 18.0 Å². The highest BCUT2D eigenvalue weighted by Gasteiger charge is 2.12. The zero-order valence-electron chi connectivity index (χ0n) is 9.27. The zero-order valence-corrected chi connectivity index (χ0v) is 12.2. The lowest BCUT2D eigenvalue weighted by Gasteiger charge is -2.10. The highest BCUT2D eigenvalue weighted by Crippen LogP contribution is 2.11. The van der Waals surface area contributed by atoms with Gasteiger partial charge in [-0.3, -0.25) is 0 Å². The van der Waals surface area contributed by atoms with Gasteiger partial charge in [-0.1, -0.05) is 0 Å². The normalized spacial score (nSPS) is 12.0. The van der Waals surface area contributed by atoms with E-state index in [1.165, 1.54) is 0 Å². The Morgan fingerprint density at radius 1 is 1.25 bits per heavy atom. The highest BCUT2D eigenvalue weighted by molar-refractivity contribution is 14.1. The number of sulfonamides is 1. The third-order valence-corrected chi connectivity index (χ3v) is 4.17. The summed E-state index contributed by atoms with van der Waals surface area (Å²) in [6.45, 7) is 1.10. The average Bonchev–Trinajstić information content (AvgIpc) is 2.17. The molecule has 0 aromatic heterocycles. The molecule has 0 atom stereocenters. The van der Waals surface area contributed by atoms with Gasteiger partial charge >= 0.3 is 0 Å². The summed E-state index contributed by atoms with van der Waals surface area (Å²) in [6, 6.07) is 6.78. The van der Waals surface area contributed by atoms with Crippen LogP contribution >= 0.6 is 22.6 Å². The molecule has 0 spiro atoms. The predicted octanol–water partition coefficient (Wildman–Crippen LogP) is 1.13. The van der Waals surface area contributed by atoms with Gasteiger partial charge < -0.3 is 4.90 Å². The molecule has 0 aliphatic carbocycles. The minimum Gasteiger partial charge on any atom is -0.308 e. The van der Waals surface area contributed by atoms with Gasteiger partial charge in [0.1, 0.15) is 0 Å². The van der Waals surface area contributed by atoms with Crippen LogP contribution in [0.1, 0.15) is 0 Å². The molecule has 0 unspecified atom stereocenters. The van der Waals surface area contributed by atoms with Crippen LogP contribution in [0.2, 0.25) is 0 Å². The molecule has 0 aliphatic rings. The molecule has 1 rings (SSSR count). The molecular weight excluding hydrogens is 339 g/mol. The average molecular weight is 354 g/mol. The van der Waals surface area contributed by atoms with Gasteiger partial charge in [0, 0.05) is 16.7 Å². The van der Waals surface area contributed by atoms with Crippen LogP contribution < -0.4 is 4.72 Å². The molecular formula is C10H15IN2O2S. The highest BCUT2D eigenvalue weighted by atomic mass is 127. The lowest BCUT2D eigenvalue weighted by atomic mass is 10.4. The van der Waals surface area contributed by atoms with E-state index in [2.05, 4.69) is 27.3 Å². The van der Waals surface area contributed by atoms with Crippen molar-refractivity contribution in [2.75, 3.05) is 27.2 Å². The van der Waals surface area contributed by atoms with Gasteiger partial charge in [-0.05, 0) is 61.0 Å². The molecule has 0 bridgehead atoms. The minimum atomic E-state index is -3.35. The molecule has 1 N–H and O–H groups in total. The second kappa shape index (κ2) is 5.95. The summed E-state index contributed by atoms with van der Waals surface area (Å²) in [5.41, 5.74) is 0. The van der Waals surface area contributed by atoms with Crippen molar-refractivity contribution in [3.05, 3.63) is 27.8 Å². The fourth-order valence-corrected chi connectivity index (χ4v) is 2.48. The van der Waals surface area contributed by atoms with Crippen LogP contribution in [0.25, 0.3) is 0 Å². The van der Waals surface area contributed by atoms with Crippen LogP contribution in [-0.4, -0.2) is 40.5 Å². The molecule has 1 aromatic carbocycles. The van der Waals surface area contributed by atoms with E-state index in [9.17, 15) is 8.42 Å². The third-order valence-electron chi connectivity index (χ3n) is 1.98. The van der Waals surface area contributed by atoms with E-state index < -0.39 is 10.0 Å². The maximum Gasteiger partial charge on any atom is 0.240 e. The monoisotopic (exact) mass is 354 g/mol. The van der Waals surface area contributed by atoms with Gasteiger partial charge in [0.05, 0.1) is 4.90 Å². The quantitative estimate of drug-likeness (QED) is 0.807. The molecule has 16 heavy (non-hydrogen) atoms. The number of nitrogens with one attached hydrogen (secondary N) is 1. The predicted molar refractivity (Wildman–Crippen MR) is 72.9 cm³/mol. The molecule has 90 valence electrons. The Balaban J connectivity index is 2.67. The van der Waals surface area contributed by atoms with Crippen LogP contribution in [0, 0.1) is 3.57 Å². The lowest BCUT2D eigenvalue weighted by Crippen LogP contribution is -2.31. The van der Waals surface area contributed by atoms with Crippen molar-refractivity contribution in [3.8, 4) is 0 Å². The Morgan fingerprint density at radius 3 is 2.31 bits per heavy atom. The van der Waals surface area contributed by atoms with Gasteiger partial charge in [0.15, 0.2) is 0 Å². The van der Waals surface area contributed by atoms with Crippen LogP contribution in [0.15, 0.2) is 29.2 Å². The molecule has 6 heteroatoms. The molecule has 4 nitrogen and oxygen atoms in total. The van der Waals surface area contributed by atoms with E-state index in [-0.39, 0.29) is 0 Å². The summed E-state index contributed by atoms with van der Waals surface area (Å²) >= 11 is 2.14. The standard InChI is InChI=1S/C10H15IN2O2S/c1-13(2)8-7-12-16(14,15)10-5-3-9(11)4-6-10/h3-6,12H,7-8H2,1-2H3. The van der Waals surface area contributed by atoms with Gasteiger partial charge in [0.25, 0.3) is 0 Å².